The van der Waals surface area contributed by atoms with Crippen LogP contribution in [0.5, 0.6) is 0 Å². The van der Waals surface area contributed by atoms with Crippen LogP contribution in [0, 0.1) is 17.6 Å². The fourth-order valence-electron chi connectivity index (χ4n) is 3.32. The number of pyridine rings is 1. The lowest BCUT2D eigenvalue weighted by Crippen LogP contribution is -2.33. The van der Waals surface area contributed by atoms with Crippen molar-refractivity contribution >= 4 is 5.91 Å². The smallest absolute Gasteiger partial charge is 0.254 e. The molecule has 1 aromatic heterocycles. The van der Waals surface area contributed by atoms with E-state index in [4.69, 9.17) is 0 Å². The number of hydrogen-bond acceptors (Lipinski definition) is 3. The van der Waals surface area contributed by atoms with Crippen molar-refractivity contribution in [3.05, 3.63) is 65.5 Å². The Kier molecular flexibility index (Phi) is 4.85. The normalized spacial score (nSPS) is 21.0. The van der Waals surface area contributed by atoms with Crippen LogP contribution in [-0.4, -0.2) is 35.9 Å². The molecule has 1 saturated heterocycles. The minimum atomic E-state index is -1.11. The van der Waals surface area contributed by atoms with Crippen molar-refractivity contribution < 1.29 is 13.6 Å². The van der Waals surface area contributed by atoms with Crippen molar-refractivity contribution in [2.45, 2.75) is 12.5 Å². The molecule has 0 unspecified atom stereocenters. The van der Waals surface area contributed by atoms with Crippen molar-refractivity contribution in [1.29, 1.82) is 0 Å². The number of nitrogens with one attached hydrogen (secondary N) is 1. The molecule has 4 nitrogen and oxygen atoms in total. The number of aromatic nitrogens is 1. The molecule has 0 bridgehead atoms. The van der Waals surface area contributed by atoms with Gasteiger partial charge in [-0.25, -0.2) is 8.78 Å². The van der Waals surface area contributed by atoms with Gasteiger partial charge in [-0.15, -0.1) is 0 Å². The van der Waals surface area contributed by atoms with Gasteiger partial charge in [-0.05, 0) is 49.7 Å². The molecule has 1 amide bonds. The molecule has 1 aliphatic heterocycles. The summed E-state index contributed by atoms with van der Waals surface area (Å²) in [6.07, 6.45) is 4.47. The Balaban J connectivity index is 1.69. The Morgan fingerprint density at radius 1 is 1.33 bits per heavy atom. The van der Waals surface area contributed by atoms with Crippen molar-refractivity contribution in [3.8, 4) is 0 Å². The number of carbonyl (C=O) groups is 1. The standard InChI is InChI=1S/C18H19F2N3O/c1-23-9-7-13(17(23)12-4-3-8-21-10-12)11-22-18(24)14-5-2-6-15(19)16(14)20/h2-6,8,10,13,17H,7,9,11H2,1H3,(H,22,24)/t13-,17-/m0/s1. The molecular formula is C18H19F2N3O. The lowest BCUT2D eigenvalue weighted by molar-refractivity contribution is 0.0938. The minimum absolute atomic E-state index is 0.149. The molecule has 24 heavy (non-hydrogen) atoms. The monoisotopic (exact) mass is 331 g/mol. The van der Waals surface area contributed by atoms with Gasteiger partial charge >= 0.3 is 0 Å². The van der Waals surface area contributed by atoms with Gasteiger partial charge in [0.1, 0.15) is 0 Å². The second-order valence-electron chi connectivity index (χ2n) is 6.07. The van der Waals surface area contributed by atoms with Gasteiger partial charge in [0.2, 0.25) is 0 Å². The average molecular weight is 331 g/mol. The highest BCUT2D eigenvalue weighted by Crippen LogP contribution is 2.35. The highest BCUT2D eigenvalue weighted by Gasteiger charge is 2.33. The van der Waals surface area contributed by atoms with Gasteiger partial charge in [-0.1, -0.05) is 12.1 Å². The molecule has 1 fully saturated rings. The van der Waals surface area contributed by atoms with Crippen LogP contribution < -0.4 is 5.32 Å². The van der Waals surface area contributed by atoms with Gasteiger partial charge in [-0.2, -0.15) is 0 Å². The molecule has 2 aromatic rings. The predicted octanol–water partition coefficient (Wildman–Crippen LogP) is 2.78. The quantitative estimate of drug-likeness (QED) is 0.937. The maximum Gasteiger partial charge on any atom is 0.254 e. The van der Waals surface area contributed by atoms with Crippen LogP contribution >= 0.6 is 0 Å². The Hall–Kier alpha value is -2.34. The molecule has 3 rings (SSSR count). The number of carbonyl (C=O) groups excluding carboxylic acids is 1. The molecule has 1 N–H and O–H groups in total. The number of benzene rings is 1. The molecule has 0 aliphatic carbocycles. The topological polar surface area (TPSA) is 45.2 Å². The zero-order valence-corrected chi connectivity index (χ0v) is 13.4. The molecule has 2 heterocycles. The fourth-order valence-corrected chi connectivity index (χ4v) is 3.32. The van der Waals surface area contributed by atoms with E-state index in [1.54, 1.807) is 6.20 Å². The van der Waals surface area contributed by atoms with Gasteiger partial charge in [0.25, 0.3) is 5.91 Å². The van der Waals surface area contributed by atoms with E-state index in [1.807, 2.05) is 25.4 Å². The van der Waals surface area contributed by atoms with E-state index in [9.17, 15) is 13.6 Å². The van der Waals surface area contributed by atoms with E-state index in [1.165, 1.54) is 12.1 Å². The van der Waals surface area contributed by atoms with Gasteiger partial charge in [0, 0.05) is 25.0 Å². The van der Waals surface area contributed by atoms with Gasteiger partial charge in [-0.3, -0.25) is 14.7 Å². The third-order valence-corrected chi connectivity index (χ3v) is 4.52. The van der Waals surface area contributed by atoms with Crippen LogP contribution in [0.4, 0.5) is 8.78 Å². The number of rotatable bonds is 4. The average Bonchev–Trinajstić information content (AvgIpc) is 2.96. The summed E-state index contributed by atoms with van der Waals surface area (Å²) in [5, 5.41) is 2.74. The second-order valence-corrected chi connectivity index (χ2v) is 6.07. The summed E-state index contributed by atoms with van der Waals surface area (Å²) in [6.45, 7) is 1.31. The van der Waals surface area contributed by atoms with Crippen LogP contribution in [0.1, 0.15) is 28.4 Å². The summed E-state index contributed by atoms with van der Waals surface area (Å²) in [6, 6.07) is 7.66. The minimum Gasteiger partial charge on any atom is -0.352 e. The number of likely N-dealkylation sites (tertiary alicyclic amines) is 1. The Labute approximate surface area is 139 Å². The lowest BCUT2D eigenvalue weighted by Gasteiger charge is -2.25. The third kappa shape index (κ3) is 3.28. The highest BCUT2D eigenvalue weighted by atomic mass is 19.2. The number of halogens is 2. The Morgan fingerprint density at radius 3 is 2.92 bits per heavy atom. The number of nitrogens with zero attached hydrogens (tertiary/aromatic N) is 2. The van der Waals surface area contributed by atoms with Crippen LogP contribution in [-0.2, 0) is 0 Å². The summed E-state index contributed by atoms with van der Waals surface area (Å²) < 4.78 is 27.0. The molecule has 0 saturated carbocycles. The molecule has 6 heteroatoms. The fraction of sp³-hybridized carbons (Fsp3) is 0.333. The second kappa shape index (κ2) is 7.05. The SMILES string of the molecule is CN1CC[C@@H](CNC(=O)c2cccc(F)c2F)[C@@H]1c1cccnc1. The summed E-state index contributed by atoms with van der Waals surface area (Å²) in [4.78, 5) is 18.5. The summed E-state index contributed by atoms with van der Waals surface area (Å²) in [7, 11) is 2.03. The first-order valence-corrected chi connectivity index (χ1v) is 7.90. The number of amides is 1. The van der Waals surface area contributed by atoms with E-state index in [2.05, 4.69) is 15.2 Å². The van der Waals surface area contributed by atoms with Crippen LogP contribution in [0.25, 0.3) is 0 Å². The first-order valence-electron chi connectivity index (χ1n) is 7.90. The van der Waals surface area contributed by atoms with E-state index >= 15 is 0 Å². The first kappa shape index (κ1) is 16.5. The third-order valence-electron chi connectivity index (χ3n) is 4.52. The summed E-state index contributed by atoms with van der Waals surface area (Å²) in [5.74, 6) is -2.52. The van der Waals surface area contributed by atoms with Crippen molar-refractivity contribution in [1.82, 2.24) is 15.2 Å². The van der Waals surface area contributed by atoms with E-state index in [0.717, 1.165) is 24.6 Å². The largest absolute Gasteiger partial charge is 0.352 e. The maximum atomic E-state index is 13.7. The first-order chi connectivity index (χ1) is 11.6. The van der Waals surface area contributed by atoms with E-state index < -0.39 is 17.5 Å². The van der Waals surface area contributed by atoms with Crippen LogP contribution in [0.2, 0.25) is 0 Å². The molecule has 1 aromatic carbocycles. The van der Waals surface area contributed by atoms with Crippen molar-refractivity contribution in [2.24, 2.45) is 5.92 Å². The zero-order valence-electron chi connectivity index (χ0n) is 13.4. The lowest BCUT2D eigenvalue weighted by atomic mass is 9.94. The highest BCUT2D eigenvalue weighted by molar-refractivity contribution is 5.94. The molecule has 0 spiro atoms. The molecule has 2 atom stereocenters. The van der Waals surface area contributed by atoms with Crippen LogP contribution in [0.15, 0.2) is 42.7 Å². The molecule has 0 radical (unpaired) electrons. The Morgan fingerprint density at radius 2 is 2.17 bits per heavy atom. The molecule has 126 valence electrons. The predicted molar refractivity (Wildman–Crippen MR) is 86.4 cm³/mol. The van der Waals surface area contributed by atoms with E-state index in [-0.39, 0.29) is 17.5 Å². The number of hydrogen-bond donors (Lipinski definition) is 1. The van der Waals surface area contributed by atoms with Gasteiger partial charge in [0.15, 0.2) is 11.6 Å². The van der Waals surface area contributed by atoms with Gasteiger partial charge < -0.3 is 5.32 Å². The summed E-state index contributed by atoms with van der Waals surface area (Å²) >= 11 is 0. The molecule has 1 aliphatic rings. The Bertz CT molecular complexity index is 723. The van der Waals surface area contributed by atoms with E-state index in [0.29, 0.717) is 6.54 Å². The van der Waals surface area contributed by atoms with Gasteiger partial charge in [0.05, 0.1) is 5.56 Å². The molecular weight excluding hydrogens is 312 g/mol. The maximum absolute atomic E-state index is 13.7. The van der Waals surface area contributed by atoms with Crippen molar-refractivity contribution in [2.75, 3.05) is 20.1 Å². The summed E-state index contributed by atoms with van der Waals surface area (Å²) in [5.41, 5.74) is 0.827. The van der Waals surface area contributed by atoms with Crippen molar-refractivity contribution in [3.63, 3.8) is 0 Å². The zero-order chi connectivity index (χ0) is 17.1. The van der Waals surface area contributed by atoms with Crippen LogP contribution in [0.3, 0.4) is 0 Å².